The summed E-state index contributed by atoms with van der Waals surface area (Å²) >= 11 is 1.28. The summed E-state index contributed by atoms with van der Waals surface area (Å²) in [5, 5.41) is 9.63. The number of amidine groups is 1. The number of methoxy groups -OCH3 is 2. The van der Waals surface area contributed by atoms with E-state index in [9.17, 15) is 9.59 Å². The third-order valence-electron chi connectivity index (χ3n) is 4.52. The number of aliphatic imine (C=N–C) groups is 1. The molecule has 1 saturated heterocycles. The highest BCUT2D eigenvalue weighted by molar-refractivity contribution is 8.18. The van der Waals surface area contributed by atoms with Crippen LogP contribution in [0.2, 0.25) is 0 Å². The number of benzene rings is 2. The van der Waals surface area contributed by atoms with E-state index in [4.69, 9.17) is 19.3 Å². The van der Waals surface area contributed by atoms with E-state index in [-0.39, 0.29) is 5.91 Å². The molecule has 1 amide bonds. The summed E-state index contributed by atoms with van der Waals surface area (Å²) in [5.74, 6) is -0.562. The van der Waals surface area contributed by atoms with Crippen molar-refractivity contribution in [2.24, 2.45) is 4.99 Å². The maximum atomic E-state index is 13.0. The lowest BCUT2D eigenvalue weighted by Crippen LogP contribution is -2.32. The largest absolute Gasteiger partial charge is 0.493 e. The van der Waals surface area contributed by atoms with Gasteiger partial charge in [-0.2, -0.15) is 0 Å². The van der Waals surface area contributed by atoms with Gasteiger partial charge in [0.1, 0.15) is 0 Å². The maximum Gasteiger partial charge on any atom is 0.344 e. The molecule has 2 aromatic carbocycles. The van der Waals surface area contributed by atoms with Crippen LogP contribution >= 0.6 is 11.8 Å². The smallest absolute Gasteiger partial charge is 0.344 e. The van der Waals surface area contributed by atoms with Gasteiger partial charge in [0.25, 0.3) is 5.91 Å². The Morgan fingerprint density at radius 1 is 1.19 bits per heavy atom. The number of carbonyl (C=O) groups is 2. The third-order valence-corrected chi connectivity index (χ3v) is 5.53. The molecular formula is C23H24N2O6S. The summed E-state index contributed by atoms with van der Waals surface area (Å²) in [6, 6.07) is 14.5. The zero-order valence-corrected chi connectivity index (χ0v) is 18.8. The fourth-order valence-electron chi connectivity index (χ4n) is 2.85. The monoisotopic (exact) mass is 456 g/mol. The Morgan fingerprint density at radius 3 is 2.59 bits per heavy atom. The van der Waals surface area contributed by atoms with E-state index in [0.717, 1.165) is 5.69 Å². The van der Waals surface area contributed by atoms with Crippen molar-refractivity contribution >= 4 is 40.6 Å². The number of hydrogen-bond acceptors (Lipinski definition) is 7. The lowest BCUT2D eigenvalue weighted by atomic mass is 10.2. The van der Waals surface area contributed by atoms with Crippen molar-refractivity contribution in [3.05, 3.63) is 59.0 Å². The number of aliphatic carboxylic acids is 1. The molecule has 0 radical (unpaired) electrons. The molecule has 1 aliphatic heterocycles. The van der Waals surface area contributed by atoms with E-state index in [0.29, 0.717) is 40.3 Å². The van der Waals surface area contributed by atoms with E-state index in [2.05, 4.69) is 4.99 Å². The van der Waals surface area contributed by atoms with E-state index in [1.807, 2.05) is 30.3 Å². The highest BCUT2D eigenvalue weighted by Gasteiger charge is 2.33. The number of para-hydroxylation sites is 1. The van der Waals surface area contributed by atoms with Gasteiger partial charge in [0, 0.05) is 7.11 Å². The van der Waals surface area contributed by atoms with Crippen molar-refractivity contribution in [1.82, 2.24) is 4.90 Å². The molecule has 0 saturated carbocycles. The third kappa shape index (κ3) is 5.68. The van der Waals surface area contributed by atoms with Crippen LogP contribution in [-0.4, -0.2) is 60.5 Å². The molecule has 0 aromatic heterocycles. The molecule has 8 nitrogen and oxygen atoms in total. The molecule has 0 spiro atoms. The summed E-state index contributed by atoms with van der Waals surface area (Å²) in [6.45, 7) is 2.21. The van der Waals surface area contributed by atoms with Crippen LogP contribution in [0.25, 0.3) is 6.08 Å². The first-order chi connectivity index (χ1) is 15.4. The minimum absolute atomic E-state index is 0.166. The van der Waals surface area contributed by atoms with Gasteiger partial charge in [-0.05, 0) is 54.6 Å². The molecule has 1 N–H and O–H groups in total. The first-order valence-corrected chi connectivity index (χ1v) is 10.7. The normalized spacial score (nSPS) is 17.1. The first-order valence-electron chi connectivity index (χ1n) is 9.84. The second-order valence-corrected chi connectivity index (χ2v) is 7.81. The van der Waals surface area contributed by atoms with Gasteiger partial charge in [0.15, 0.2) is 22.8 Å². The number of rotatable bonds is 9. The molecule has 2 aromatic rings. The van der Waals surface area contributed by atoms with Crippen LogP contribution < -0.4 is 9.47 Å². The van der Waals surface area contributed by atoms with Crippen molar-refractivity contribution in [1.29, 1.82) is 0 Å². The summed E-state index contributed by atoms with van der Waals surface area (Å²) in [6.07, 6.45) is 0.721. The molecule has 9 heteroatoms. The molecule has 1 aliphatic rings. The number of thioether (sulfide) groups is 1. The fourth-order valence-corrected chi connectivity index (χ4v) is 3.87. The average Bonchev–Trinajstić information content (AvgIpc) is 3.07. The van der Waals surface area contributed by atoms with E-state index in [1.165, 1.54) is 25.8 Å². The Hall–Kier alpha value is -3.30. The highest BCUT2D eigenvalue weighted by Crippen LogP contribution is 2.36. The Kier molecular flexibility index (Phi) is 7.91. The molecule has 1 fully saturated rings. The molecule has 3 rings (SSSR count). The van der Waals surface area contributed by atoms with Crippen molar-refractivity contribution < 1.29 is 28.9 Å². The van der Waals surface area contributed by atoms with Crippen LogP contribution in [0.4, 0.5) is 5.69 Å². The fraction of sp³-hybridized carbons (Fsp3) is 0.261. The predicted octanol–water partition coefficient (Wildman–Crippen LogP) is 3.80. The van der Waals surface area contributed by atoms with Crippen LogP contribution in [0.15, 0.2) is 58.4 Å². The Morgan fingerprint density at radius 2 is 1.94 bits per heavy atom. The highest BCUT2D eigenvalue weighted by atomic mass is 32.2. The number of carboxylic acids is 1. The number of ether oxygens (including phenoxy) is 3. The van der Waals surface area contributed by atoms with Gasteiger partial charge in [-0.3, -0.25) is 9.69 Å². The van der Waals surface area contributed by atoms with Crippen molar-refractivity contribution in [2.75, 3.05) is 27.4 Å². The van der Waals surface area contributed by atoms with Crippen LogP contribution in [0.5, 0.6) is 11.5 Å². The number of nitrogens with zero attached hydrogens (tertiary/aromatic N) is 2. The van der Waals surface area contributed by atoms with Crippen molar-refractivity contribution in [3.8, 4) is 11.5 Å². The van der Waals surface area contributed by atoms with Gasteiger partial charge in [0.2, 0.25) is 0 Å². The molecule has 1 heterocycles. The van der Waals surface area contributed by atoms with Crippen LogP contribution in [-0.2, 0) is 14.3 Å². The van der Waals surface area contributed by atoms with Crippen molar-refractivity contribution in [3.63, 3.8) is 0 Å². The maximum absolute atomic E-state index is 13.0. The zero-order valence-electron chi connectivity index (χ0n) is 18.0. The molecule has 168 valence electrons. The average molecular weight is 457 g/mol. The molecule has 0 aliphatic carbocycles. The lowest BCUT2D eigenvalue weighted by Gasteiger charge is -2.15. The van der Waals surface area contributed by atoms with Gasteiger partial charge >= 0.3 is 5.97 Å². The second-order valence-electron chi connectivity index (χ2n) is 6.80. The SMILES string of the molecule is COCCN1C(=O)/C(=C/c2ccc(OC(C)C(=O)O)c(OC)c2)SC1=Nc1ccccc1. The molecule has 1 atom stereocenters. The number of carboxylic acid groups (broad SMARTS) is 1. The first kappa shape index (κ1) is 23.4. The summed E-state index contributed by atoms with van der Waals surface area (Å²) in [4.78, 5) is 30.8. The van der Waals surface area contributed by atoms with Gasteiger partial charge in [-0.1, -0.05) is 24.3 Å². The lowest BCUT2D eigenvalue weighted by molar-refractivity contribution is -0.144. The number of carbonyl (C=O) groups excluding carboxylic acids is 1. The summed E-state index contributed by atoms with van der Waals surface area (Å²) < 4.78 is 15.9. The minimum Gasteiger partial charge on any atom is -0.493 e. The van der Waals surface area contributed by atoms with Gasteiger partial charge < -0.3 is 19.3 Å². The molecule has 0 bridgehead atoms. The van der Waals surface area contributed by atoms with Gasteiger partial charge in [0.05, 0.1) is 30.9 Å². The van der Waals surface area contributed by atoms with E-state index < -0.39 is 12.1 Å². The zero-order chi connectivity index (χ0) is 23.1. The van der Waals surface area contributed by atoms with Crippen LogP contribution in [0.1, 0.15) is 12.5 Å². The van der Waals surface area contributed by atoms with E-state index >= 15 is 0 Å². The molecule has 1 unspecified atom stereocenters. The predicted molar refractivity (Wildman–Crippen MR) is 123 cm³/mol. The Balaban J connectivity index is 1.89. The molecule has 32 heavy (non-hydrogen) atoms. The van der Waals surface area contributed by atoms with Crippen LogP contribution in [0, 0.1) is 0 Å². The number of hydrogen-bond donors (Lipinski definition) is 1. The van der Waals surface area contributed by atoms with Gasteiger partial charge in [-0.15, -0.1) is 0 Å². The quantitative estimate of drug-likeness (QED) is 0.573. The molecular weight excluding hydrogens is 432 g/mol. The summed E-state index contributed by atoms with van der Waals surface area (Å²) in [5.41, 5.74) is 1.46. The Bertz CT molecular complexity index is 1040. The van der Waals surface area contributed by atoms with Gasteiger partial charge in [-0.25, -0.2) is 9.79 Å². The minimum atomic E-state index is -1.08. The topological polar surface area (TPSA) is 97.7 Å². The number of amides is 1. The Labute approximate surface area is 190 Å². The standard InChI is InChI=1S/C23H24N2O6S/c1-15(22(27)28)31-18-10-9-16(13-19(18)30-3)14-20-21(26)25(11-12-29-2)23(32-20)24-17-7-5-4-6-8-17/h4-10,13-15H,11-12H2,1-3H3,(H,27,28)/b20-14-,24-23?. The summed E-state index contributed by atoms with van der Waals surface area (Å²) in [7, 11) is 3.05. The second kappa shape index (κ2) is 10.8. The van der Waals surface area contributed by atoms with Crippen LogP contribution in [0.3, 0.4) is 0 Å². The van der Waals surface area contributed by atoms with Crippen molar-refractivity contribution in [2.45, 2.75) is 13.0 Å². The van der Waals surface area contributed by atoms with E-state index in [1.54, 1.807) is 36.3 Å².